The number of pyridine rings is 1. The lowest BCUT2D eigenvalue weighted by atomic mass is 10.1. The average molecular weight is 321 g/mol. The van der Waals surface area contributed by atoms with Crippen LogP contribution in [0.2, 0.25) is 0 Å². The zero-order valence-corrected chi connectivity index (χ0v) is 12.5. The highest BCUT2D eigenvalue weighted by Gasteiger charge is 2.14. The van der Waals surface area contributed by atoms with Crippen molar-refractivity contribution >= 4 is 32.7 Å². The number of benzene rings is 1. The number of nitrogens with one attached hydrogen (secondary N) is 1. The van der Waals surface area contributed by atoms with E-state index in [2.05, 4.69) is 33.2 Å². The fraction of sp³-hybridized carbons (Fsp3) is 0.333. The molecule has 19 heavy (non-hydrogen) atoms. The highest BCUT2D eigenvalue weighted by molar-refractivity contribution is 9.09. The first-order valence-electron chi connectivity index (χ1n) is 6.46. The predicted octanol–water partition coefficient (Wildman–Crippen LogP) is 3.53. The van der Waals surface area contributed by atoms with Crippen molar-refractivity contribution in [2.75, 3.05) is 5.33 Å². The van der Waals surface area contributed by atoms with Crippen molar-refractivity contribution < 1.29 is 4.79 Å². The molecule has 1 atom stereocenters. The van der Waals surface area contributed by atoms with Gasteiger partial charge in [0.1, 0.15) is 0 Å². The van der Waals surface area contributed by atoms with E-state index < -0.39 is 0 Å². The summed E-state index contributed by atoms with van der Waals surface area (Å²) in [6, 6.07) is 9.69. The number of hydrogen-bond acceptors (Lipinski definition) is 2. The van der Waals surface area contributed by atoms with Crippen LogP contribution >= 0.6 is 15.9 Å². The van der Waals surface area contributed by atoms with Crippen LogP contribution in [-0.4, -0.2) is 22.3 Å². The molecule has 0 spiro atoms. The van der Waals surface area contributed by atoms with Crippen LogP contribution in [0.4, 0.5) is 0 Å². The van der Waals surface area contributed by atoms with E-state index in [-0.39, 0.29) is 11.9 Å². The molecule has 0 aliphatic carbocycles. The first-order valence-corrected chi connectivity index (χ1v) is 7.59. The SMILES string of the molecule is CCC(CCBr)NC(=O)c1ccnc2ccccc12. The molecule has 1 aromatic carbocycles. The number of hydrogen-bond donors (Lipinski definition) is 1. The summed E-state index contributed by atoms with van der Waals surface area (Å²) in [4.78, 5) is 16.6. The minimum absolute atomic E-state index is 0.0219. The summed E-state index contributed by atoms with van der Waals surface area (Å²) < 4.78 is 0. The molecule has 100 valence electrons. The van der Waals surface area contributed by atoms with E-state index in [4.69, 9.17) is 0 Å². The van der Waals surface area contributed by atoms with Gasteiger partial charge in [0.05, 0.1) is 11.1 Å². The van der Waals surface area contributed by atoms with E-state index in [1.165, 1.54) is 0 Å². The zero-order valence-electron chi connectivity index (χ0n) is 10.9. The Bertz CT molecular complexity index is 566. The average Bonchev–Trinajstić information content (AvgIpc) is 2.46. The second kappa shape index (κ2) is 6.66. The Morgan fingerprint density at radius 3 is 2.89 bits per heavy atom. The third-order valence-electron chi connectivity index (χ3n) is 3.18. The molecule has 2 aromatic rings. The molecule has 3 nitrogen and oxygen atoms in total. The van der Waals surface area contributed by atoms with Gasteiger partial charge in [-0.25, -0.2) is 0 Å². The maximum absolute atomic E-state index is 12.3. The third-order valence-corrected chi connectivity index (χ3v) is 3.64. The molecule has 0 bridgehead atoms. The maximum Gasteiger partial charge on any atom is 0.252 e. The van der Waals surface area contributed by atoms with Gasteiger partial charge in [-0.2, -0.15) is 0 Å². The smallest absolute Gasteiger partial charge is 0.252 e. The Kier molecular flexibility index (Phi) is 4.91. The molecule has 1 unspecified atom stereocenters. The van der Waals surface area contributed by atoms with Crippen molar-refractivity contribution in [3.8, 4) is 0 Å². The van der Waals surface area contributed by atoms with E-state index in [0.717, 1.165) is 29.1 Å². The number of halogens is 1. The Morgan fingerprint density at radius 2 is 2.16 bits per heavy atom. The molecular weight excluding hydrogens is 304 g/mol. The van der Waals surface area contributed by atoms with Gasteiger partial charge >= 0.3 is 0 Å². The summed E-state index contributed by atoms with van der Waals surface area (Å²) in [5.41, 5.74) is 1.54. The summed E-state index contributed by atoms with van der Waals surface area (Å²) in [6.07, 6.45) is 3.55. The quantitative estimate of drug-likeness (QED) is 0.856. The van der Waals surface area contributed by atoms with Crippen LogP contribution in [-0.2, 0) is 0 Å². The fourth-order valence-electron chi connectivity index (χ4n) is 2.07. The van der Waals surface area contributed by atoms with Crippen molar-refractivity contribution in [3.63, 3.8) is 0 Å². The molecule has 0 aliphatic rings. The number of alkyl halides is 1. The number of aromatic nitrogens is 1. The predicted molar refractivity (Wildman–Crippen MR) is 81.7 cm³/mol. The second-order valence-electron chi connectivity index (χ2n) is 4.43. The van der Waals surface area contributed by atoms with Gasteiger partial charge in [0.2, 0.25) is 0 Å². The van der Waals surface area contributed by atoms with Gasteiger partial charge < -0.3 is 5.32 Å². The first-order chi connectivity index (χ1) is 9.26. The van der Waals surface area contributed by atoms with Crippen LogP contribution in [0.3, 0.4) is 0 Å². The van der Waals surface area contributed by atoms with E-state index in [9.17, 15) is 4.79 Å². The number of fused-ring (bicyclic) bond motifs is 1. The highest BCUT2D eigenvalue weighted by Crippen LogP contribution is 2.16. The van der Waals surface area contributed by atoms with E-state index >= 15 is 0 Å². The van der Waals surface area contributed by atoms with Crippen LogP contribution in [0, 0.1) is 0 Å². The molecule has 0 radical (unpaired) electrons. The Balaban J connectivity index is 2.26. The summed E-state index contributed by atoms with van der Waals surface area (Å²) in [5, 5.41) is 4.87. The highest BCUT2D eigenvalue weighted by atomic mass is 79.9. The monoisotopic (exact) mass is 320 g/mol. The van der Waals surface area contributed by atoms with Gasteiger partial charge in [0.15, 0.2) is 0 Å². The molecule has 2 rings (SSSR count). The van der Waals surface area contributed by atoms with Crippen molar-refractivity contribution in [2.45, 2.75) is 25.8 Å². The number of para-hydroxylation sites is 1. The molecule has 4 heteroatoms. The molecule has 1 N–H and O–H groups in total. The van der Waals surface area contributed by atoms with Gasteiger partial charge in [-0.3, -0.25) is 9.78 Å². The van der Waals surface area contributed by atoms with E-state index in [1.807, 2.05) is 24.3 Å². The number of carbonyl (C=O) groups is 1. The van der Waals surface area contributed by atoms with Crippen molar-refractivity contribution in [2.24, 2.45) is 0 Å². The largest absolute Gasteiger partial charge is 0.349 e. The minimum Gasteiger partial charge on any atom is -0.349 e. The number of rotatable bonds is 5. The lowest BCUT2D eigenvalue weighted by Gasteiger charge is -2.16. The molecule has 1 heterocycles. The van der Waals surface area contributed by atoms with Crippen molar-refractivity contribution in [1.29, 1.82) is 0 Å². The lowest BCUT2D eigenvalue weighted by Crippen LogP contribution is -2.34. The first kappa shape index (κ1) is 14.0. The third kappa shape index (κ3) is 3.32. The molecular formula is C15H17BrN2O. The Labute approximate surface area is 121 Å². The Hall–Kier alpha value is -1.42. The van der Waals surface area contributed by atoms with E-state index in [1.54, 1.807) is 12.3 Å². The van der Waals surface area contributed by atoms with Gasteiger partial charge in [-0.1, -0.05) is 41.1 Å². The molecule has 1 amide bonds. The van der Waals surface area contributed by atoms with Gasteiger partial charge in [0.25, 0.3) is 5.91 Å². The number of nitrogens with zero attached hydrogens (tertiary/aromatic N) is 1. The molecule has 1 aromatic heterocycles. The van der Waals surface area contributed by atoms with Gasteiger partial charge in [-0.15, -0.1) is 0 Å². The van der Waals surface area contributed by atoms with Gasteiger partial charge in [0, 0.05) is 23.0 Å². The van der Waals surface area contributed by atoms with Gasteiger partial charge in [-0.05, 0) is 25.0 Å². The van der Waals surface area contributed by atoms with Crippen molar-refractivity contribution in [1.82, 2.24) is 10.3 Å². The summed E-state index contributed by atoms with van der Waals surface area (Å²) >= 11 is 3.42. The lowest BCUT2D eigenvalue weighted by molar-refractivity contribution is 0.0937. The van der Waals surface area contributed by atoms with Crippen LogP contribution in [0.15, 0.2) is 36.5 Å². The number of carbonyl (C=O) groups excluding carboxylic acids is 1. The zero-order chi connectivity index (χ0) is 13.7. The van der Waals surface area contributed by atoms with Crippen molar-refractivity contribution in [3.05, 3.63) is 42.1 Å². The summed E-state index contributed by atoms with van der Waals surface area (Å²) in [6.45, 7) is 2.08. The second-order valence-corrected chi connectivity index (χ2v) is 5.22. The molecule has 0 saturated carbocycles. The van der Waals surface area contributed by atoms with Crippen LogP contribution in [0.1, 0.15) is 30.1 Å². The minimum atomic E-state index is -0.0219. The molecule has 0 saturated heterocycles. The molecule has 0 aliphatic heterocycles. The molecule has 0 fully saturated rings. The maximum atomic E-state index is 12.3. The van der Waals surface area contributed by atoms with E-state index in [0.29, 0.717) is 5.56 Å². The van der Waals surface area contributed by atoms with Crippen LogP contribution in [0.25, 0.3) is 10.9 Å². The standard InChI is InChI=1S/C15H17BrN2O/c1-2-11(7-9-16)18-15(19)13-8-10-17-14-6-4-3-5-12(13)14/h3-6,8,10-11H,2,7,9H2,1H3,(H,18,19). The Morgan fingerprint density at radius 1 is 1.37 bits per heavy atom. The summed E-state index contributed by atoms with van der Waals surface area (Å²) in [5.74, 6) is -0.0219. The normalized spacial score (nSPS) is 12.3. The topological polar surface area (TPSA) is 42.0 Å². The fourth-order valence-corrected chi connectivity index (χ4v) is 2.62. The van der Waals surface area contributed by atoms with Crippen LogP contribution < -0.4 is 5.32 Å². The van der Waals surface area contributed by atoms with Crippen LogP contribution in [0.5, 0.6) is 0 Å². The number of amides is 1. The summed E-state index contributed by atoms with van der Waals surface area (Å²) in [7, 11) is 0.